The van der Waals surface area contributed by atoms with Crippen LogP contribution in [0.5, 0.6) is 11.5 Å². The van der Waals surface area contributed by atoms with Crippen LogP contribution < -0.4 is 14.8 Å². The Morgan fingerprint density at radius 1 is 1.30 bits per heavy atom. The number of benzene rings is 1. The number of aromatic nitrogens is 1. The van der Waals surface area contributed by atoms with Crippen LogP contribution in [0.25, 0.3) is 10.6 Å². The van der Waals surface area contributed by atoms with E-state index in [9.17, 15) is 4.79 Å². The van der Waals surface area contributed by atoms with Gasteiger partial charge < -0.3 is 14.8 Å². The van der Waals surface area contributed by atoms with Crippen LogP contribution >= 0.6 is 11.3 Å². The molecule has 1 aromatic carbocycles. The average molecular weight is 334 g/mol. The van der Waals surface area contributed by atoms with Gasteiger partial charge in [0.2, 0.25) is 5.91 Å². The van der Waals surface area contributed by atoms with E-state index in [1.165, 1.54) is 11.3 Å². The number of thiazole rings is 1. The van der Waals surface area contributed by atoms with Gasteiger partial charge in [-0.15, -0.1) is 11.3 Å². The molecule has 0 aliphatic heterocycles. The third kappa shape index (κ3) is 4.45. The van der Waals surface area contributed by atoms with Crippen molar-refractivity contribution in [2.24, 2.45) is 0 Å². The lowest BCUT2D eigenvalue weighted by Crippen LogP contribution is -2.33. The first-order chi connectivity index (χ1) is 11.1. The number of rotatable bonds is 7. The van der Waals surface area contributed by atoms with Crippen LogP contribution in [0.4, 0.5) is 0 Å². The van der Waals surface area contributed by atoms with Gasteiger partial charge in [-0.25, -0.2) is 4.98 Å². The van der Waals surface area contributed by atoms with Gasteiger partial charge in [-0.2, -0.15) is 0 Å². The molecule has 6 heteroatoms. The summed E-state index contributed by atoms with van der Waals surface area (Å²) in [7, 11) is 3.21. The van der Waals surface area contributed by atoms with Gasteiger partial charge in [-0.1, -0.05) is 6.92 Å². The Bertz CT molecular complexity index is 670. The van der Waals surface area contributed by atoms with Crippen molar-refractivity contribution in [3.8, 4) is 22.1 Å². The van der Waals surface area contributed by atoms with Gasteiger partial charge >= 0.3 is 0 Å². The molecule has 0 saturated heterocycles. The summed E-state index contributed by atoms with van der Waals surface area (Å²) in [6, 6.07) is 5.86. The van der Waals surface area contributed by atoms with E-state index in [-0.39, 0.29) is 11.9 Å². The standard InChI is InChI=1S/C17H22N2O3S/c1-5-11(2)18-16(20)9-13-10-23-17(19-13)12-6-7-14(21-3)15(8-12)22-4/h6-8,10-11H,5,9H2,1-4H3,(H,18,20). The Balaban J connectivity index is 2.11. The summed E-state index contributed by atoms with van der Waals surface area (Å²) in [5.74, 6) is 1.35. The molecule has 23 heavy (non-hydrogen) atoms. The monoisotopic (exact) mass is 334 g/mol. The molecular formula is C17H22N2O3S. The molecule has 1 atom stereocenters. The normalized spacial score (nSPS) is 11.8. The second-order valence-corrected chi connectivity index (χ2v) is 6.13. The smallest absolute Gasteiger partial charge is 0.226 e. The Hall–Kier alpha value is -2.08. The van der Waals surface area contributed by atoms with E-state index < -0.39 is 0 Å². The fourth-order valence-corrected chi connectivity index (χ4v) is 2.90. The van der Waals surface area contributed by atoms with E-state index in [1.54, 1.807) is 14.2 Å². The van der Waals surface area contributed by atoms with Crippen LogP contribution in [-0.2, 0) is 11.2 Å². The zero-order chi connectivity index (χ0) is 16.8. The Kier molecular flexibility index (Phi) is 5.98. The highest BCUT2D eigenvalue weighted by molar-refractivity contribution is 7.13. The SMILES string of the molecule is CCC(C)NC(=O)Cc1csc(-c2ccc(OC)c(OC)c2)n1. The minimum Gasteiger partial charge on any atom is -0.493 e. The number of ether oxygens (including phenoxy) is 2. The molecule has 0 radical (unpaired) electrons. The number of hydrogen-bond donors (Lipinski definition) is 1. The number of carbonyl (C=O) groups excluding carboxylic acids is 1. The molecule has 0 spiro atoms. The van der Waals surface area contributed by atoms with Crippen LogP contribution in [0.2, 0.25) is 0 Å². The molecule has 2 rings (SSSR count). The summed E-state index contributed by atoms with van der Waals surface area (Å²) in [4.78, 5) is 16.5. The van der Waals surface area contributed by atoms with E-state index in [2.05, 4.69) is 10.3 Å². The summed E-state index contributed by atoms with van der Waals surface area (Å²) in [6.07, 6.45) is 1.22. The number of methoxy groups -OCH3 is 2. The van der Waals surface area contributed by atoms with Crippen LogP contribution in [0.15, 0.2) is 23.6 Å². The second kappa shape index (κ2) is 7.97. The summed E-state index contributed by atoms with van der Waals surface area (Å²) in [5.41, 5.74) is 1.72. The molecule has 2 aromatic rings. The number of nitrogens with one attached hydrogen (secondary N) is 1. The highest BCUT2D eigenvalue weighted by Gasteiger charge is 2.12. The molecule has 0 aliphatic rings. The maximum Gasteiger partial charge on any atom is 0.226 e. The highest BCUT2D eigenvalue weighted by Crippen LogP contribution is 2.33. The molecule has 1 heterocycles. The van der Waals surface area contributed by atoms with E-state index in [0.717, 1.165) is 22.7 Å². The van der Waals surface area contributed by atoms with E-state index in [4.69, 9.17) is 9.47 Å². The molecule has 0 aliphatic carbocycles. The zero-order valence-electron chi connectivity index (χ0n) is 13.9. The topological polar surface area (TPSA) is 60.5 Å². The van der Waals surface area contributed by atoms with Crippen molar-refractivity contribution in [3.63, 3.8) is 0 Å². The predicted octanol–water partition coefficient (Wildman–Crippen LogP) is 3.28. The van der Waals surface area contributed by atoms with E-state index in [0.29, 0.717) is 17.9 Å². The van der Waals surface area contributed by atoms with Crippen LogP contribution in [0, 0.1) is 0 Å². The van der Waals surface area contributed by atoms with Gasteiger partial charge in [0.15, 0.2) is 11.5 Å². The van der Waals surface area contributed by atoms with Gasteiger partial charge in [0, 0.05) is 17.0 Å². The molecule has 0 saturated carbocycles. The maximum absolute atomic E-state index is 11.9. The van der Waals surface area contributed by atoms with Gasteiger partial charge in [0.1, 0.15) is 5.01 Å². The first-order valence-electron chi connectivity index (χ1n) is 7.53. The van der Waals surface area contributed by atoms with Crippen molar-refractivity contribution < 1.29 is 14.3 Å². The summed E-state index contributed by atoms with van der Waals surface area (Å²) in [5, 5.41) is 5.73. The molecule has 1 N–H and O–H groups in total. The quantitative estimate of drug-likeness (QED) is 0.844. The Morgan fingerprint density at radius 3 is 2.70 bits per heavy atom. The van der Waals surface area contributed by atoms with Crippen molar-refractivity contribution in [1.29, 1.82) is 0 Å². The summed E-state index contributed by atoms with van der Waals surface area (Å²) in [6.45, 7) is 4.04. The lowest BCUT2D eigenvalue weighted by molar-refractivity contribution is -0.121. The summed E-state index contributed by atoms with van der Waals surface area (Å²) >= 11 is 1.51. The van der Waals surface area contributed by atoms with Crippen molar-refractivity contribution in [1.82, 2.24) is 10.3 Å². The summed E-state index contributed by atoms with van der Waals surface area (Å²) < 4.78 is 10.6. The van der Waals surface area contributed by atoms with Gasteiger partial charge in [-0.3, -0.25) is 4.79 Å². The van der Waals surface area contributed by atoms with Gasteiger partial charge in [-0.05, 0) is 31.5 Å². The molecule has 1 unspecified atom stereocenters. The number of amides is 1. The first kappa shape index (κ1) is 17.3. The largest absolute Gasteiger partial charge is 0.493 e. The molecule has 1 amide bonds. The van der Waals surface area contributed by atoms with Crippen molar-refractivity contribution in [2.45, 2.75) is 32.7 Å². The average Bonchev–Trinajstić information content (AvgIpc) is 3.02. The van der Waals surface area contributed by atoms with Gasteiger partial charge in [0.05, 0.1) is 26.3 Å². The number of nitrogens with zero attached hydrogens (tertiary/aromatic N) is 1. The zero-order valence-corrected chi connectivity index (χ0v) is 14.7. The van der Waals surface area contributed by atoms with Crippen LogP contribution in [0.3, 0.4) is 0 Å². The number of carbonyl (C=O) groups is 1. The lowest BCUT2D eigenvalue weighted by atomic mass is 10.2. The minimum atomic E-state index is 0.00325. The minimum absolute atomic E-state index is 0.00325. The molecule has 124 valence electrons. The van der Waals surface area contributed by atoms with Crippen molar-refractivity contribution in [3.05, 3.63) is 29.3 Å². The lowest BCUT2D eigenvalue weighted by Gasteiger charge is -2.10. The highest BCUT2D eigenvalue weighted by atomic mass is 32.1. The fraction of sp³-hybridized carbons (Fsp3) is 0.412. The van der Waals surface area contributed by atoms with E-state index in [1.807, 2.05) is 37.4 Å². The maximum atomic E-state index is 11.9. The Morgan fingerprint density at radius 2 is 2.04 bits per heavy atom. The molecule has 5 nitrogen and oxygen atoms in total. The Labute approximate surface area is 140 Å². The first-order valence-corrected chi connectivity index (χ1v) is 8.41. The predicted molar refractivity (Wildman–Crippen MR) is 92.3 cm³/mol. The number of hydrogen-bond acceptors (Lipinski definition) is 5. The van der Waals surface area contributed by atoms with E-state index >= 15 is 0 Å². The molecule has 1 aromatic heterocycles. The second-order valence-electron chi connectivity index (χ2n) is 5.27. The fourth-order valence-electron chi connectivity index (χ4n) is 2.08. The van der Waals surface area contributed by atoms with Crippen LogP contribution in [0.1, 0.15) is 26.0 Å². The van der Waals surface area contributed by atoms with Crippen molar-refractivity contribution >= 4 is 17.2 Å². The molecular weight excluding hydrogens is 312 g/mol. The van der Waals surface area contributed by atoms with Crippen LogP contribution in [-0.4, -0.2) is 31.2 Å². The molecule has 0 fully saturated rings. The third-order valence-corrected chi connectivity index (χ3v) is 4.48. The van der Waals surface area contributed by atoms with Gasteiger partial charge in [0.25, 0.3) is 0 Å². The molecule has 0 bridgehead atoms. The van der Waals surface area contributed by atoms with Crippen molar-refractivity contribution in [2.75, 3.05) is 14.2 Å². The third-order valence-electron chi connectivity index (χ3n) is 3.54.